The number of allylic oxidation sites excluding steroid dienone is 1. The number of ketones is 1. The van der Waals surface area contributed by atoms with E-state index in [2.05, 4.69) is 12.2 Å². The first-order chi connectivity index (χ1) is 9.38. The van der Waals surface area contributed by atoms with Crippen LogP contribution in [0.5, 0.6) is 0 Å². The zero-order valence-corrected chi connectivity index (χ0v) is 13.3. The molecule has 3 heteroatoms. The fourth-order valence-corrected chi connectivity index (χ4v) is 2.74. The molecule has 1 aliphatic carbocycles. The number of nitrogens with one attached hydrogen (secondary N) is 1. The van der Waals surface area contributed by atoms with Crippen LogP contribution in [0.1, 0.15) is 72.1 Å². The number of hydrogen-bond acceptors (Lipinski definition) is 3. The highest BCUT2D eigenvalue weighted by atomic mass is 16.3. The van der Waals surface area contributed by atoms with Crippen LogP contribution in [0.3, 0.4) is 0 Å². The molecule has 1 fully saturated rings. The first-order valence-electron chi connectivity index (χ1n) is 8.07. The standard InChI is InChI=1S/C17H31NO2/c1-14(8-7-12-17(2,3)20)18-13-11-16(19)15-9-5-4-6-10-15/h11,13-15,18,20H,4-10,12H2,1-3H3/b13-11+. The molecule has 3 nitrogen and oxygen atoms in total. The summed E-state index contributed by atoms with van der Waals surface area (Å²) in [6.45, 7) is 5.79. The zero-order valence-electron chi connectivity index (χ0n) is 13.3. The third-order valence-corrected chi connectivity index (χ3v) is 4.06. The summed E-state index contributed by atoms with van der Waals surface area (Å²) >= 11 is 0. The van der Waals surface area contributed by atoms with Crippen molar-refractivity contribution in [2.45, 2.75) is 83.8 Å². The van der Waals surface area contributed by atoms with Crippen molar-refractivity contribution in [3.05, 3.63) is 12.3 Å². The third kappa shape index (κ3) is 7.68. The molecule has 1 unspecified atom stereocenters. The third-order valence-electron chi connectivity index (χ3n) is 4.06. The van der Waals surface area contributed by atoms with E-state index in [9.17, 15) is 9.90 Å². The molecule has 1 saturated carbocycles. The van der Waals surface area contributed by atoms with Crippen LogP contribution in [-0.2, 0) is 4.79 Å². The minimum atomic E-state index is -0.577. The molecule has 1 atom stereocenters. The fraction of sp³-hybridized carbons (Fsp3) is 0.824. The van der Waals surface area contributed by atoms with Gasteiger partial charge in [-0.25, -0.2) is 0 Å². The quantitative estimate of drug-likeness (QED) is 0.669. The lowest BCUT2D eigenvalue weighted by molar-refractivity contribution is -0.119. The monoisotopic (exact) mass is 281 g/mol. The molecule has 0 aromatic rings. The van der Waals surface area contributed by atoms with Crippen LogP contribution in [-0.4, -0.2) is 22.5 Å². The summed E-state index contributed by atoms with van der Waals surface area (Å²) < 4.78 is 0. The van der Waals surface area contributed by atoms with Crippen molar-refractivity contribution in [1.82, 2.24) is 5.32 Å². The Bertz CT molecular complexity index is 311. The van der Waals surface area contributed by atoms with E-state index >= 15 is 0 Å². The Kier molecular flexibility index (Phi) is 7.28. The van der Waals surface area contributed by atoms with Crippen LogP contribution in [0.4, 0.5) is 0 Å². The van der Waals surface area contributed by atoms with Crippen LogP contribution >= 0.6 is 0 Å². The van der Waals surface area contributed by atoms with Crippen molar-refractivity contribution in [2.75, 3.05) is 0 Å². The summed E-state index contributed by atoms with van der Waals surface area (Å²) in [6, 6.07) is 0.341. The van der Waals surface area contributed by atoms with Crippen LogP contribution in [0.25, 0.3) is 0 Å². The van der Waals surface area contributed by atoms with Crippen LogP contribution < -0.4 is 5.32 Å². The number of aliphatic hydroxyl groups is 1. The highest BCUT2D eigenvalue weighted by Crippen LogP contribution is 2.24. The Labute approximate surface area is 123 Å². The van der Waals surface area contributed by atoms with E-state index < -0.39 is 5.60 Å². The summed E-state index contributed by atoms with van der Waals surface area (Å²) in [5, 5.41) is 12.9. The van der Waals surface area contributed by atoms with Gasteiger partial charge in [-0.05, 0) is 59.0 Å². The predicted octanol–water partition coefficient (Wildman–Crippen LogP) is 3.57. The van der Waals surface area contributed by atoms with Gasteiger partial charge in [-0.1, -0.05) is 19.3 Å². The van der Waals surface area contributed by atoms with E-state index in [0.717, 1.165) is 32.1 Å². The average Bonchev–Trinajstić information content (AvgIpc) is 2.38. The lowest BCUT2D eigenvalue weighted by Crippen LogP contribution is -2.24. The van der Waals surface area contributed by atoms with Gasteiger partial charge in [-0.3, -0.25) is 4.79 Å². The molecule has 0 radical (unpaired) electrons. The zero-order chi connectivity index (χ0) is 15.0. The first-order valence-corrected chi connectivity index (χ1v) is 8.07. The van der Waals surface area contributed by atoms with Crippen molar-refractivity contribution in [1.29, 1.82) is 0 Å². The van der Waals surface area contributed by atoms with E-state index in [1.54, 1.807) is 6.08 Å². The maximum absolute atomic E-state index is 12.0. The molecule has 116 valence electrons. The summed E-state index contributed by atoms with van der Waals surface area (Å²) in [5.74, 6) is 0.535. The first kappa shape index (κ1) is 17.2. The molecule has 0 amide bonds. The van der Waals surface area contributed by atoms with Crippen molar-refractivity contribution < 1.29 is 9.90 Å². The van der Waals surface area contributed by atoms with E-state index in [1.807, 2.05) is 20.0 Å². The topological polar surface area (TPSA) is 49.3 Å². The average molecular weight is 281 g/mol. The van der Waals surface area contributed by atoms with Crippen LogP contribution in [0, 0.1) is 5.92 Å². The second-order valence-electron chi connectivity index (χ2n) is 6.84. The van der Waals surface area contributed by atoms with Gasteiger partial charge in [-0.2, -0.15) is 0 Å². The smallest absolute Gasteiger partial charge is 0.160 e. The lowest BCUT2D eigenvalue weighted by Gasteiger charge is -2.19. The summed E-state index contributed by atoms with van der Waals surface area (Å²) in [4.78, 5) is 12.0. The molecule has 0 bridgehead atoms. The Hall–Kier alpha value is -0.830. The van der Waals surface area contributed by atoms with Gasteiger partial charge in [0.2, 0.25) is 0 Å². The van der Waals surface area contributed by atoms with Gasteiger partial charge in [0.05, 0.1) is 5.60 Å². The van der Waals surface area contributed by atoms with Gasteiger partial charge in [-0.15, -0.1) is 0 Å². The van der Waals surface area contributed by atoms with Crippen molar-refractivity contribution in [2.24, 2.45) is 5.92 Å². The Morgan fingerprint density at radius 1 is 1.35 bits per heavy atom. The van der Waals surface area contributed by atoms with Crippen LogP contribution in [0.15, 0.2) is 12.3 Å². The van der Waals surface area contributed by atoms with Gasteiger partial charge < -0.3 is 10.4 Å². The molecule has 1 aliphatic rings. The van der Waals surface area contributed by atoms with E-state index in [4.69, 9.17) is 0 Å². The van der Waals surface area contributed by atoms with Crippen LogP contribution in [0.2, 0.25) is 0 Å². The Morgan fingerprint density at radius 2 is 2.00 bits per heavy atom. The number of carbonyl (C=O) groups excluding carboxylic acids is 1. The maximum atomic E-state index is 12.0. The Morgan fingerprint density at radius 3 is 2.60 bits per heavy atom. The van der Waals surface area contributed by atoms with Gasteiger partial charge in [0.15, 0.2) is 5.78 Å². The number of hydrogen-bond donors (Lipinski definition) is 2. The normalized spacial score (nSPS) is 19.2. The predicted molar refractivity (Wildman–Crippen MR) is 83.5 cm³/mol. The summed E-state index contributed by atoms with van der Waals surface area (Å²) in [6.07, 6.45) is 12.1. The fourth-order valence-electron chi connectivity index (χ4n) is 2.74. The Balaban J connectivity index is 2.17. The molecule has 0 saturated heterocycles. The minimum Gasteiger partial charge on any atom is -0.390 e. The second-order valence-corrected chi connectivity index (χ2v) is 6.84. The molecule has 0 aliphatic heterocycles. The number of carbonyl (C=O) groups is 1. The lowest BCUT2D eigenvalue weighted by atomic mass is 9.86. The van der Waals surface area contributed by atoms with Gasteiger partial charge in [0, 0.05) is 18.2 Å². The summed E-state index contributed by atoms with van der Waals surface area (Å²) in [5.41, 5.74) is -0.577. The van der Waals surface area contributed by atoms with Crippen molar-refractivity contribution in [3.8, 4) is 0 Å². The second kappa shape index (κ2) is 8.46. The van der Waals surface area contributed by atoms with Crippen molar-refractivity contribution >= 4 is 5.78 Å². The summed E-state index contributed by atoms with van der Waals surface area (Å²) in [7, 11) is 0. The number of rotatable bonds is 8. The molecular formula is C17H31NO2. The molecule has 1 rings (SSSR count). The molecule has 0 aromatic heterocycles. The molecule has 0 heterocycles. The minimum absolute atomic E-state index is 0.257. The van der Waals surface area contributed by atoms with E-state index in [1.165, 1.54) is 19.3 Å². The van der Waals surface area contributed by atoms with E-state index in [-0.39, 0.29) is 11.7 Å². The molecule has 0 spiro atoms. The highest BCUT2D eigenvalue weighted by Gasteiger charge is 2.18. The maximum Gasteiger partial charge on any atom is 0.160 e. The molecular weight excluding hydrogens is 250 g/mol. The van der Waals surface area contributed by atoms with Crippen molar-refractivity contribution in [3.63, 3.8) is 0 Å². The molecule has 20 heavy (non-hydrogen) atoms. The van der Waals surface area contributed by atoms with Gasteiger partial charge >= 0.3 is 0 Å². The molecule has 0 aromatic carbocycles. The van der Waals surface area contributed by atoms with E-state index in [0.29, 0.717) is 6.04 Å². The highest BCUT2D eigenvalue weighted by molar-refractivity contribution is 5.91. The largest absolute Gasteiger partial charge is 0.390 e. The SMILES string of the molecule is CC(CCCC(C)(C)O)N/C=C/C(=O)C1CCCCC1. The van der Waals surface area contributed by atoms with Gasteiger partial charge in [0.25, 0.3) is 0 Å². The molecule has 2 N–H and O–H groups in total. The van der Waals surface area contributed by atoms with Gasteiger partial charge in [0.1, 0.15) is 0 Å².